The minimum atomic E-state index is 0.178. The standard InChI is InChI=1S/C25H22O3/c26-20-12-11-17-14-19(10-9-18(17)15-20)25-24(21-7-3-4-8-23(21)28-25)22(27)13-16-5-1-2-6-16/h3-4,7-12,14-16,26H,1-2,5-6,13H2. The number of furan rings is 1. The molecule has 3 nitrogen and oxygen atoms in total. The van der Waals surface area contributed by atoms with Crippen molar-refractivity contribution in [2.45, 2.75) is 32.1 Å². The van der Waals surface area contributed by atoms with Crippen LogP contribution in [0.25, 0.3) is 33.1 Å². The lowest BCUT2D eigenvalue weighted by Gasteiger charge is -2.09. The zero-order chi connectivity index (χ0) is 19.1. The van der Waals surface area contributed by atoms with Gasteiger partial charge in [-0.2, -0.15) is 0 Å². The van der Waals surface area contributed by atoms with Crippen LogP contribution in [0.1, 0.15) is 42.5 Å². The van der Waals surface area contributed by atoms with Crippen LogP contribution in [0.15, 0.2) is 65.1 Å². The van der Waals surface area contributed by atoms with E-state index in [1.54, 1.807) is 12.1 Å². The van der Waals surface area contributed by atoms with Gasteiger partial charge in [-0.25, -0.2) is 0 Å². The molecule has 1 saturated carbocycles. The van der Waals surface area contributed by atoms with Gasteiger partial charge in [0.1, 0.15) is 17.1 Å². The van der Waals surface area contributed by atoms with Crippen LogP contribution in [0.2, 0.25) is 0 Å². The molecule has 5 rings (SSSR count). The number of ketones is 1. The Bertz CT molecular complexity index is 1180. The van der Waals surface area contributed by atoms with Crippen LogP contribution in [-0.2, 0) is 0 Å². The summed E-state index contributed by atoms with van der Waals surface area (Å²) in [6.45, 7) is 0. The fourth-order valence-electron chi connectivity index (χ4n) is 4.48. The van der Waals surface area contributed by atoms with Crippen LogP contribution in [0, 0.1) is 5.92 Å². The van der Waals surface area contributed by atoms with Crippen LogP contribution < -0.4 is 0 Å². The predicted octanol–water partition coefficient (Wildman–Crippen LogP) is 6.72. The predicted molar refractivity (Wildman–Crippen MR) is 112 cm³/mol. The van der Waals surface area contributed by atoms with Crippen molar-refractivity contribution < 1.29 is 14.3 Å². The van der Waals surface area contributed by atoms with Crippen LogP contribution in [0.4, 0.5) is 0 Å². The fourth-order valence-corrected chi connectivity index (χ4v) is 4.48. The third-order valence-corrected chi connectivity index (χ3v) is 5.91. The largest absolute Gasteiger partial charge is 0.508 e. The highest BCUT2D eigenvalue weighted by atomic mass is 16.3. The third-order valence-electron chi connectivity index (χ3n) is 5.91. The minimum Gasteiger partial charge on any atom is -0.508 e. The molecule has 3 aromatic carbocycles. The lowest BCUT2D eigenvalue weighted by molar-refractivity contribution is 0.0963. The summed E-state index contributed by atoms with van der Waals surface area (Å²) >= 11 is 0. The van der Waals surface area contributed by atoms with Gasteiger partial charge in [0.25, 0.3) is 0 Å². The van der Waals surface area contributed by atoms with Gasteiger partial charge in [0.15, 0.2) is 5.78 Å². The van der Waals surface area contributed by atoms with Crippen molar-refractivity contribution in [2.75, 3.05) is 0 Å². The Hall–Kier alpha value is -3.07. The summed E-state index contributed by atoms with van der Waals surface area (Å²) < 4.78 is 6.17. The molecule has 1 heterocycles. The Kier molecular flexibility index (Phi) is 4.16. The van der Waals surface area contributed by atoms with Crippen LogP contribution in [-0.4, -0.2) is 10.9 Å². The molecule has 0 bridgehead atoms. The Morgan fingerprint density at radius 1 is 0.964 bits per heavy atom. The lowest BCUT2D eigenvalue weighted by atomic mass is 9.93. The zero-order valence-electron chi connectivity index (χ0n) is 15.7. The lowest BCUT2D eigenvalue weighted by Crippen LogP contribution is -2.06. The van der Waals surface area contributed by atoms with Gasteiger partial charge in [-0.3, -0.25) is 4.79 Å². The summed E-state index contributed by atoms with van der Waals surface area (Å²) in [4.78, 5) is 13.3. The van der Waals surface area contributed by atoms with Crippen molar-refractivity contribution in [1.29, 1.82) is 0 Å². The molecule has 1 N–H and O–H groups in total. The van der Waals surface area contributed by atoms with Gasteiger partial charge < -0.3 is 9.52 Å². The maximum Gasteiger partial charge on any atom is 0.167 e. The highest BCUT2D eigenvalue weighted by molar-refractivity contribution is 6.12. The summed E-state index contributed by atoms with van der Waals surface area (Å²) in [5.41, 5.74) is 2.35. The molecule has 140 valence electrons. The molecule has 0 spiro atoms. The van der Waals surface area contributed by atoms with Crippen molar-refractivity contribution in [2.24, 2.45) is 5.92 Å². The first-order chi connectivity index (χ1) is 13.7. The van der Waals surface area contributed by atoms with Gasteiger partial charge in [0.2, 0.25) is 0 Å². The van der Waals surface area contributed by atoms with E-state index >= 15 is 0 Å². The highest BCUT2D eigenvalue weighted by Crippen LogP contribution is 2.38. The molecule has 0 radical (unpaired) electrons. The van der Waals surface area contributed by atoms with Crippen molar-refractivity contribution in [3.8, 4) is 17.1 Å². The molecular formula is C25H22O3. The number of para-hydroxylation sites is 1. The second-order valence-corrected chi connectivity index (χ2v) is 7.83. The molecule has 28 heavy (non-hydrogen) atoms. The smallest absolute Gasteiger partial charge is 0.167 e. The number of hydrogen-bond acceptors (Lipinski definition) is 3. The number of aromatic hydroxyl groups is 1. The van der Waals surface area contributed by atoms with Crippen LogP contribution in [0.5, 0.6) is 5.75 Å². The number of benzene rings is 3. The van der Waals surface area contributed by atoms with Gasteiger partial charge >= 0.3 is 0 Å². The van der Waals surface area contributed by atoms with E-state index in [-0.39, 0.29) is 11.5 Å². The summed E-state index contributed by atoms with van der Waals surface area (Å²) in [7, 11) is 0. The SMILES string of the molecule is O=C(CC1CCCC1)c1c(-c2ccc3cc(O)ccc3c2)oc2ccccc12. The average molecular weight is 370 g/mol. The highest BCUT2D eigenvalue weighted by Gasteiger charge is 2.25. The van der Waals surface area contributed by atoms with Crippen LogP contribution >= 0.6 is 0 Å². The second kappa shape index (κ2) is 6.83. The van der Waals surface area contributed by atoms with E-state index in [9.17, 15) is 9.90 Å². The van der Waals surface area contributed by atoms with E-state index in [1.807, 2.05) is 48.5 Å². The average Bonchev–Trinajstić information content (AvgIpc) is 3.34. The number of hydrogen-bond donors (Lipinski definition) is 1. The normalized spacial score (nSPS) is 14.9. The molecule has 1 aliphatic rings. The second-order valence-electron chi connectivity index (χ2n) is 7.83. The number of carbonyl (C=O) groups is 1. The first kappa shape index (κ1) is 17.1. The van der Waals surface area contributed by atoms with Crippen molar-refractivity contribution in [1.82, 2.24) is 0 Å². The molecule has 1 aromatic heterocycles. The minimum absolute atomic E-state index is 0.178. The molecule has 0 aliphatic heterocycles. The number of fused-ring (bicyclic) bond motifs is 2. The number of carbonyl (C=O) groups excluding carboxylic acids is 1. The first-order valence-corrected chi connectivity index (χ1v) is 9.97. The Labute approximate surface area is 163 Å². The van der Waals surface area contributed by atoms with E-state index in [0.29, 0.717) is 23.7 Å². The van der Waals surface area contributed by atoms with E-state index < -0.39 is 0 Å². The summed E-state index contributed by atoms with van der Waals surface area (Å²) in [5, 5.41) is 12.6. The number of rotatable bonds is 4. The van der Waals surface area contributed by atoms with E-state index in [1.165, 1.54) is 12.8 Å². The maximum absolute atomic E-state index is 13.3. The van der Waals surface area contributed by atoms with Crippen molar-refractivity contribution >= 4 is 27.5 Å². The molecule has 1 aliphatic carbocycles. The molecule has 3 heteroatoms. The fraction of sp³-hybridized carbons (Fsp3) is 0.240. The Morgan fingerprint density at radius 2 is 1.71 bits per heavy atom. The number of phenols is 1. The number of Topliss-reactive ketones (excluding diaryl/α,β-unsaturated/α-hetero) is 1. The molecular weight excluding hydrogens is 348 g/mol. The van der Waals surface area contributed by atoms with Gasteiger partial charge in [0, 0.05) is 17.4 Å². The summed E-state index contributed by atoms with van der Waals surface area (Å²) in [5.74, 6) is 1.57. The van der Waals surface area contributed by atoms with E-state index in [4.69, 9.17) is 4.42 Å². The summed E-state index contributed by atoms with van der Waals surface area (Å²) in [6.07, 6.45) is 5.35. The van der Waals surface area contributed by atoms with Gasteiger partial charge in [-0.05, 0) is 41.0 Å². The van der Waals surface area contributed by atoms with Gasteiger partial charge in [-0.1, -0.05) is 62.1 Å². The molecule has 0 amide bonds. The molecule has 0 atom stereocenters. The molecule has 0 unspecified atom stereocenters. The van der Waals surface area contributed by atoms with Crippen molar-refractivity contribution in [3.63, 3.8) is 0 Å². The third kappa shape index (κ3) is 2.97. The van der Waals surface area contributed by atoms with E-state index in [2.05, 4.69) is 0 Å². The molecule has 0 saturated heterocycles. The topological polar surface area (TPSA) is 50.4 Å². The van der Waals surface area contributed by atoms with Crippen LogP contribution in [0.3, 0.4) is 0 Å². The Morgan fingerprint density at radius 3 is 2.57 bits per heavy atom. The monoisotopic (exact) mass is 370 g/mol. The van der Waals surface area contributed by atoms with E-state index in [0.717, 1.165) is 40.1 Å². The summed E-state index contributed by atoms with van der Waals surface area (Å²) in [6, 6.07) is 19.0. The quantitative estimate of drug-likeness (QED) is 0.406. The van der Waals surface area contributed by atoms with Crippen molar-refractivity contribution in [3.05, 3.63) is 66.2 Å². The Balaban J connectivity index is 1.64. The molecule has 4 aromatic rings. The zero-order valence-corrected chi connectivity index (χ0v) is 15.7. The van der Waals surface area contributed by atoms with Gasteiger partial charge in [-0.15, -0.1) is 0 Å². The number of phenolic OH excluding ortho intramolecular Hbond substituents is 1. The molecule has 1 fully saturated rings. The first-order valence-electron chi connectivity index (χ1n) is 9.97. The maximum atomic E-state index is 13.3. The van der Waals surface area contributed by atoms with Gasteiger partial charge in [0.05, 0.1) is 5.56 Å².